The number of ether oxygens (including phenoxy) is 2. The van der Waals surface area contributed by atoms with E-state index in [-0.39, 0.29) is 23.0 Å². The molecular weight excluding hydrogens is 533 g/mol. The zero-order valence-electron chi connectivity index (χ0n) is 21.2. The summed E-state index contributed by atoms with van der Waals surface area (Å²) in [6.07, 6.45) is 2.29. The zero-order chi connectivity index (χ0) is 27.7. The molecule has 38 heavy (non-hydrogen) atoms. The summed E-state index contributed by atoms with van der Waals surface area (Å²) in [4.78, 5) is 12.2. The number of sulfone groups is 1. The summed E-state index contributed by atoms with van der Waals surface area (Å²) in [7, 11) is -1.26. The standard InChI is InChI=1S/C24H24FN7O4S2/c1-14-12-37-22(29-14)21-31-30-19(32(21)20-17(35-4)7-6-8-18(20)36-5)13-38(33,34)15(2)24(3,25)23-27-10-16(9-26)11-28-23/h6-8,10-12,15H,13H2,1-5H3/t15-,24+/m0/s1. The normalized spacial score (nSPS) is 13.9. The van der Waals surface area contributed by atoms with Gasteiger partial charge in [0.1, 0.15) is 34.3 Å². The molecule has 4 rings (SSSR count). The van der Waals surface area contributed by atoms with Crippen LogP contribution in [0.5, 0.6) is 11.5 Å². The minimum absolute atomic E-state index is 0.0130. The number of aromatic nitrogens is 6. The van der Waals surface area contributed by atoms with Crippen molar-refractivity contribution in [1.29, 1.82) is 5.26 Å². The van der Waals surface area contributed by atoms with Crippen LogP contribution in [0.1, 0.15) is 36.8 Å². The fraction of sp³-hybridized carbons (Fsp3) is 0.333. The van der Waals surface area contributed by atoms with Crippen molar-refractivity contribution in [1.82, 2.24) is 29.7 Å². The van der Waals surface area contributed by atoms with E-state index in [9.17, 15) is 8.42 Å². The lowest BCUT2D eigenvalue weighted by molar-refractivity contribution is 0.174. The molecule has 0 aliphatic rings. The Hall–Kier alpha value is -3.96. The molecule has 0 fully saturated rings. The van der Waals surface area contributed by atoms with E-state index in [0.29, 0.717) is 22.2 Å². The van der Waals surface area contributed by atoms with Crippen molar-refractivity contribution in [3.8, 4) is 34.1 Å². The third kappa shape index (κ3) is 4.94. The van der Waals surface area contributed by atoms with Crippen LogP contribution >= 0.6 is 11.3 Å². The van der Waals surface area contributed by atoms with E-state index in [1.54, 1.807) is 18.2 Å². The Morgan fingerprint density at radius 2 is 1.82 bits per heavy atom. The number of rotatable bonds is 9. The van der Waals surface area contributed by atoms with Gasteiger partial charge in [-0.1, -0.05) is 6.07 Å². The van der Waals surface area contributed by atoms with E-state index in [2.05, 4.69) is 25.1 Å². The summed E-state index contributed by atoms with van der Waals surface area (Å²) < 4.78 is 55.7. The van der Waals surface area contributed by atoms with Gasteiger partial charge in [0.15, 0.2) is 38.0 Å². The number of nitrogens with zero attached hydrogens (tertiary/aromatic N) is 7. The molecule has 0 saturated carbocycles. The molecule has 0 saturated heterocycles. The molecule has 2 atom stereocenters. The molecule has 3 heterocycles. The molecular formula is C24H24FN7O4S2. The van der Waals surface area contributed by atoms with E-state index in [1.807, 2.05) is 18.4 Å². The highest BCUT2D eigenvalue weighted by molar-refractivity contribution is 7.91. The number of thiazole rings is 1. The Kier molecular flexibility index (Phi) is 7.43. The molecule has 0 N–H and O–H groups in total. The van der Waals surface area contributed by atoms with Crippen LogP contribution in [-0.4, -0.2) is 57.6 Å². The number of methoxy groups -OCH3 is 2. The molecule has 0 amide bonds. The van der Waals surface area contributed by atoms with Gasteiger partial charge in [-0.2, -0.15) is 5.26 Å². The van der Waals surface area contributed by atoms with Crippen LogP contribution in [0.2, 0.25) is 0 Å². The number of nitriles is 1. The molecule has 0 spiro atoms. The quantitative estimate of drug-likeness (QED) is 0.299. The Balaban J connectivity index is 1.83. The maximum Gasteiger partial charge on any atom is 0.197 e. The second-order valence-electron chi connectivity index (χ2n) is 8.51. The Labute approximate surface area is 222 Å². The topological polar surface area (TPSA) is 146 Å². The van der Waals surface area contributed by atoms with Gasteiger partial charge in [-0.25, -0.2) is 27.8 Å². The van der Waals surface area contributed by atoms with E-state index >= 15 is 4.39 Å². The van der Waals surface area contributed by atoms with Gasteiger partial charge in [0, 0.05) is 23.5 Å². The number of benzene rings is 1. The minimum atomic E-state index is -4.21. The van der Waals surface area contributed by atoms with Gasteiger partial charge in [-0.05, 0) is 32.9 Å². The Bertz CT molecular complexity index is 1590. The lowest BCUT2D eigenvalue weighted by atomic mass is 10.0. The second kappa shape index (κ2) is 10.4. The van der Waals surface area contributed by atoms with Gasteiger partial charge in [-0.15, -0.1) is 21.5 Å². The average Bonchev–Trinajstić information content (AvgIpc) is 3.52. The van der Waals surface area contributed by atoms with E-state index < -0.39 is 26.5 Å². The Morgan fingerprint density at radius 1 is 1.18 bits per heavy atom. The van der Waals surface area contributed by atoms with Gasteiger partial charge < -0.3 is 9.47 Å². The summed E-state index contributed by atoms with van der Waals surface area (Å²) in [5.41, 5.74) is -1.20. The maximum atomic E-state index is 15.9. The molecule has 3 aromatic heterocycles. The first-order valence-electron chi connectivity index (χ1n) is 11.2. The van der Waals surface area contributed by atoms with Crippen LogP contribution in [0.25, 0.3) is 16.5 Å². The van der Waals surface area contributed by atoms with E-state index in [4.69, 9.17) is 14.7 Å². The van der Waals surface area contributed by atoms with Gasteiger partial charge in [-0.3, -0.25) is 4.57 Å². The smallest absolute Gasteiger partial charge is 0.197 e. The fourth-order valence-corrected chi connectivity index (χ4v) is 6.10. The summed E-state index contributed by atoms with van der Waals surface area (Å²) in [6.45, 7) is 4.16. The van der Waals surface area contributed by atoms with Crippen molar-refractivity contribution < 1.29 is 22.3 Å². The SMILES string of the molecule is COc1cccc(OC)c1-n1c(CS(=O)(=O)[C@@H](C)[C@@](C)(F)c2ncc(C#N)cn2)nnc1-c1nc(C)cs1. The highest BCUT2D eigenvalue weighted by Gasteiger charge is 2.44. The molecule has 198 valence electrons. The van der Waals surface area contributed by atoms with Crippen LogP contribution < -0.4 is 9.47 Å². The summed E-state index contributed by atoms with van der Waals surface area (Å²) in [6, 6.07) is 6.95. The van der Waals surface area contributed by atoms with Crippen LogP contribution in [0.4, 0.5) is 4.39 Å². The van der Waals surface area contributed by atoms with Crippen molar-refractivity contribution in [3.05, 3.63) is 58.9 Å². The number of hydrogen-bond donors (Lipinski definition) is 0. The van der Waals surface area contributed by atoms with Crippen molar-refractivity contribution in [3.63, 3.8) is 0 Å². The molecule has 14 heteroatoms. The predicted octanol–water partition coefficient (Wildman–Crippen LogP) is 3.57. The zero-order valence-corrected chi connectivity index (χ0v) is 22.8. The number of aryl methyl sites for hydroxylation is 1. The molecule has 0 aliphatic heterocycles. The first kappa shape index (κ1) is 27.1. The lowest BCUT2D eigenvalue weighted by Gasteiger charge is -2.26. The molecule has 11 nitrogen and oxygen atoms in total. The van der Waals surface area contributed by atoms with Gasteiger partial charge in [0.05, 0.1) is 19.8 Å². The van der Waals surface area contributed by atoms with E-state index in [1.165, 1.54) is 37.0 Å². The maximum absolute atomic E-state index is 15.9. The molecule has 0 radical (unpaired) electrons. The molecule has 1 aromatic carbocycles. The van der Waals surface area contributed by atoms with Crippen molar-refractivity contribution in [2.24, 2.45) is 0 Å². The first-order valence-corrected chi connectivity index (χ1v) is 13.8. The summed E-state index contributed by atoms with van der Waals surface area (Å²) >= 11 is 1.32. The number of hydrogen-bond acceptors (Lipinski definition) is 11. The third-order valence-electron chi connectivity index (χ3n) is 6.02. The van der Waals surface area contributed by atoms with Gasteiger partial charge >= 0.3 is 0 Å². The first-order chi connectivity index (χ1) is 18.0. The number of para-hydroxylation sites is 1. The summed E-state index contributed by atoms with van der Waals surface area (Å²) in [5.74, 6) is 0.0432. The average molecular weight is 558 g/mol. The van der Waals surface area contributed by atoms with Crippen molar-refractivity contribution >= 4 is 21.2 Å². The van der Waals surface area contributed by atoms with Crippen LogP contribution in [0.15, 0.2) is 36.0 Å². The largest absolute Gasteiger partial charge is 0.494 e. The van der Waals surface area contributed by atoms with Crippen molar-refractivity contribution in [2.75, 3.05) is 14.2 Å². The molecule has 4 aromatic rings. The van der Waals surface area contributed by atoms with Gasteiger partial charge in [0.25, 0.3) is 0 Å². The highest BCUT2D eigenvalue weighted by atomic mass is 32.2. The predicted molar refractivity (Wildman–Crippen MR) is 138 cm³/mol. The molecule has 0 bridgehead atoms. The minimum Gasteiger partial charge on any atom is -0.494 e. The number of halogens is 1. The number of alkyl halides is 1. The van der Waals surface area contributed by atoms with E-state index in [0.717, 1.165) is 25.0 Å². The second-order valence-corrected chi connectivity index (χ2v) is 11.7. The van der Waals surface area contributed by atoms with Crippen molar-refractivity contribution in [2.45, 2.75) is 37.4 Å². The molecule has 0 aliphatic carbocycles. The fourth-order valence-electron chi connectivity index (χ4n) is 3.75. The molecule has 0 unspecified atom stereocenters. The highest BCUT2D eigenvalue weighted by Crippen LogP contribution is 2.38. The van der Waals surface area contributed by atoms with Crippen LogP contribution in [0.3, 0.4) is 0 Å². The monoisotopic (exact) mass is 557 g/mol. The van der Waals surface area contributed by atoms with Crippen LogP contribution in [0, 0.1) is 18.3 Å². The van der Waals surface area contributed by atoms with Gasteiger partial charge in [0.2, 0.25) is 0 Å². The lowest BCUT2D eigenvalue weighted by Crippen LogP contribution is -2.39. The summed E-state index contributed by atoms with van der Waals surface area (Å²) in [5, 5.41) is 18.1. The third-order valence-corrected chi connectivity index (χ3v) is 9.15. The van der Waals surface area contributed by atoms with Crippen LogP contribution in [-0.2, 0) is 21.3 Å². The Morgan fingerprint density at radius 3 is 2.34 bits per heavy atom.